The van der Waals surface area contributed by atoms with Crippen LogP contribution < -0.4 is 5.73 Å². The van der Waals surface area contributed by atoms with Crippen LogP contribution in [0.3, 0.4) is 0 Å². The summed E-state index contributed by atoms with van der Waals surface area (Å²) in [5.41, 5.74) is 5.88. The highest BCUT2D eigenvalue weighted by Gasteiger charge is 2.24. The van der Waals surface area contributed by atoms with Gasteiger partial charge in [0.25, 0.3) is 0 Å². The van der Waals surface area contributed by atoms with Crippen molar-refractivity contribution in [3.05, 3.63) is 0 Å². The molecular weight excluding hydrogens is 176 g/mol. The van der Waals surface area contributed by atoms with Crippen molar-refractivity contribution < 1.29 is 4.74 Å². The van der Waals surface area contributed by atoms with E-state index in [9.17, 15) is 0 Å². The number of likely N-dealkylation sites (N-methyl/N-ethyl adjacent to an activating group) is 1. The average molecular weight is 200 g/mol. The lowest BCUT2D eigenvalue weighted by molar-refractivity contribution is 0.0562. The molecule has 2 N–H and O–H groups in total. The Hall–Kier alpha value is -0.120. The van der Waals surface area contributed by atoms with Crippen LogP contribution in [0.1, 0.15) is 33.1 Å². The van der Waals surface area contributed by atoms with E-state index in [2.05, 4.69) is 25.8 Å². The van der Waals surface area contributed by atoms with Gasteiger partial charge in [0, 0.05) is 18.6 Å². The maximum Gasteiger partial charge on any atom is 0.0596 e. The molecule has 0 aromatic rings. The van der Waals surface area contributed by atoms with Gasteiger partial charge in [-0.05, 0) is 40.2 Å². The Morgan fingerprint density at radius 3 is 2.64 bits per heavy atom. The molecule has 0 aliphatic heterocycles. The fourth-order valence-corrected chi connectivity index (χ4v) is 2.01. The van der Waals surface area contributed by atoms with E-state index in [1.165, 1.54) is 12.8 Å². The van der Waals surface area contributed by atoms with Gasteiger partial charge in [-0.25, -0.2) is 0 Å². The van der Waals surface area contributed by atoms with Gasteiger partial charge in [-0.3, -0.25) is 0 Å². The maximum atomic E-state index is 5.88. The second-order valence-electron chi connectivity index (χ2n) is 4.63. The number of ether oxygens (including phenoxy) is 1. The van der Waals surface area contributed by atoms with Crippen LogP contribution >= 0.6 is 0 Å². The van der Waals surface area contributed by atoms with Gasteiger partial charge in [0.05, 0.1) is 12.7 Å². The van der Waals surface area contributed by atoms with Gasteiger partial charge in [0.2, 0.25) is 0 Å². The minimum Gasteiger partial charge on any atom is -0.377 e. The molecule has 2 atom stereocenters. The van der Waals surface area contributed by atoms with E-state index in [4.69, 9.17) is 10.5 Å². The van der Waals surface area contributed by atoms with Gasteiger partial charge in [0.15, 0.2) is 0 Å². The lowest BCUT2D eigenvalue weighted by atomic mass is 10.2. The molecule has 1 aliphatic carbocycles. The average Bonchev–Trinajstić information content (AvgIpc) is 2.51. The molecular formula is C11H24N2O. The molecule has 1 rings (SSSR count). The van der Waals surface area contributed by atoms with E-state index in [0.717, 1.165) is 19.6 Å². The molecule has 3 heteroatoms. The number of hydrogen-bond acceptors (Lipinski definition) is 3. The molecule has 1 aliphatic rings. The molecule has 2 unspecified atom stereocenters. The van der Waals surface area contributed by atoms with Crippen LogP contribution in [0.5, 0.6) is 0 Å². The summed E-state index contributed by atoms with van der Waals surface area (Å²) >= 11 is 0. The molecule has 84 valence electrons. The number of hydrogen-bond donors (Lipinski definition) is 1. The Bertz CT molecular complexity index is 161. The fraction of sp³-hybridized carbons (Fsp3) is 1.00. The molecule has 1 saturated carbocycles. The largest absolute Gasteiger partial charge is 0.377 e. The summed E-state index contributed by atoms with van der Waals surface area (Å²) in [7, 11) is 2.17. The molecule has 0 aromatic heterocycles. The number of nitrogens with zero attached hydrogens (tertiary/aromatic N) is 1. The van der Waals surface area contributed by atoms with Gasteiger partial charge < -0.3 is 15.4 Å². The highest BCUT2D eigenvalue weighted by molar-refractivity contribution is 4.83. The summed E-state index contributed by atoms with van der Waals surface area (Å²) in [6.07, 6.45) is 3.92. The number of rotatable bonds is 5. The normalized spacial score (nSPS) is 27.9. The lowest BCUT2D eigenvalue weighted by Gasteiger charge is -2.24. The quantitative estimate of drug-likeness (QED) is 0.725. The van der Waals surface area contributed by atoms with Gasteiger partial charge in [-0.15, -0.1) is 0 Å². The van der Waals surface area contributed by atoms with Gasteiger partial charge in [-0.1, -0.05) is 0 Å². The molecule has 0 bridgehead atoms. The first kappa shape index (κ1) is 12.0. The topological polar surface area (TPSA) is 38.5 Å². The van der Waals surface area contributed by atoms with Crippen molar-refractivity contribution in [3.63, 3.8) is 0 Å². The van der Waals surface area contributed by atoms with Gasteiger partial charge in [0.1, 0.15) is 0 Å². The van der Waals surface area contributed by atoms with E-state index in [0.29, 0.717) is 18.2 Å². The standard InChI is InChI=1S/C11H24N2O/c1-9(2)14-7-6-13(3)11-5-4-10(12)8-11/h9-11H,4-8,12H2,1-3H3. The first-order chi connectivity index (χ1) is 6.59. The molecule has 3 nitrogen and oxygen atoms in total. The Morgan fingerprint density at radius 2 is 2.14 bits per heavy atom. The van der Waals surface area contributed by atoms with Gasteiger partial charge in [-0.2, -0.15) is 0 Å². The predicted molar refractivity (Wildman–Crippen MR) is 59.3 cm³/mol. The van der Waals surface area contributed by atoms with Crippen molar-refractivity contribution >= 4 is 0 Å². The fourth-order valence-electron chi connectivity index (χ4n) is 2.01. The second kappa shape index (κ2) is 5.69. The van der Waals surface area contributed by atoms with Crippen LogP contribution in [-0.4, -0.2) is 43.3 Å². The third kappa shape index (κ3) is 3.95. The lowest BCUT2D eigenvalue weighted by Crippen LogP contribution is -2.34. The molecule has 1 fully saturated rings. The molecule has 0 amide bonds. The predicted octanol–water partition coefficient (Wildman–Crippen LogP) is 1.22. The van der Waals surface area contributed by atoms with Gasteiger partial charge >= 0.3 is 0 Å². The maximum absolute atomic E-state index is 5.88. The van der Waals surface area contributed by atoms with Crippen molar-refractivity contribution in [2.24, 2.45) is 5.73 Å². The highest BCUT2D eigenvalue weighted by Crippen LogP contribution is 2.21. The van der Waals surface area contributed by atoms with Crippen LogP contribution in [0.15, 0.2) is 0 Å². The molecule has 0 heterocycles. The smallest absolute Gasteiger partial charge is 0.0596 e. The van der Waals surface area contributed by atoms with Crippen LogP contribution in [0.2, 0.25) is 0 Å². The van der Waals surface area contributed by atoms with Crippen LogP contribution in [0.25, 0.3) is 0 Å². The summed E-state index contributed by atoms with van der Waals surface area (Å²) in [5, 5.41) is 0. The van der Waals surface area contributed by atoms with E-state index >= 15 is 0 Å². The van der Waals surface area contributed by atoms with E-state index in [-0.39, 0.29) is 0 Å². The monoisotopic (exact) mass is 200 g/mol. The summed E-state index contributed by atoms with van der Waals surface area (Å²) < 4.78 is 5.53. The van der Waals surface area contributed by atoms with Crippen molar-refractivity contribution in [1.82, 2.24) is 4.90 Å². The zero-order valence-electron chi connectivity index (χ0n) is 9.70. The Labute approximate surface area is 87.6 Å². The second-order valence-corrected chi connectivity index (χ2v) is 4.63. The molecule has 0 radical (unpaired) electrons. The minimum absolute atomic E-state index is 0.342. The Kier molecular flexibility index (Phi) is 4.85. The third-order valence-corrected chi connectivity index (χ3v) is 2.96. The van der Waals surface area contributed by atoms with Crippen LogP contribution in [-0.2, 0) is 4.74 Å². The van der Waals surface area contributed by atoms with Crippen molar-refractivity contribution in [2.45, 2.75) is 51.3 Å². The number of nitrogens with two attached hydrogens (primary N) is 1. The van der Waals surface area contributed by atoms with Crippen LogP contribution in [0.4, 0.5) is 0 Å². The van der Waals surface area contributed by atoms with Crippen molar-refractivity contribution in [3.8, 4) is 0 Å². The van der Waals surface area contributed by atoms with Crippen LogP contribution in [0, 0.1) is 0 Å². The SMILES string of the molecule is CC(C)OCCN(C)C1CCC(N)C1. The molecule has 0 saturated heterocycles. The summed E-state index contributed by atoms with van der Waals surface area (Å²) in [5.74, 6) is 0. The molecule has 0 aromatic carbocycles. The van der Waals surface area contributed by atoms with E-state index in [1.54, 1.807) is 0 Å². The zero-order chi connectivity index (χ0) is 10.6. The third-order valence-electron chi connectivity index (χ3n) is 2.96. The van der Waals surface area contributed by atoms with E-state index < -0.39 is 0 Å². The summed E-state index contributed by atoms with van der Waals surface area (Å²) in [6, 6.07) is 1.11. The first-order valence-electron chi connectivity index (χ1n) is 5.67. The molecule has 0 spiro atoms. The summed E-state index contributed by atoms with van der Waals surface area (Å²) in [6.45, 7) is 6.01. The zero-order valence-corrected chi connectivity index (χ0v) is 9.70. The minimum atomic E-state index is 0.342. The Balaban J connectivity index is 2.12. The summed E-state index contributed by atoms with van der Waals surface area (Å²) in [4.78, 5) is 2.38. The first-order valence-corrected chi connectivity index (χ1v) is 5.67. The van der Waals surface area contributed by atoms with Crippen molar-refractivity contribution in [2.75, 3.05) is 20.2 Å². The van der Waals surface area contributed by atoms with E-state index in [1.807, 2.05) is 0 Å². The molecule has 14 heavy (non-hydrogen) atoms. The highest BCUT2D eigenvalue weighted by atomic mass is 16.5. The van der Waals surface area contributed by atoms with Crippen molar-refractivity contribution in [1.29, 1.82) is 0 Å². The Morgan fingerprint density at radius 1 is 1.43 bits per heavy atom.